The summed E-state index contributed by atoms with van der Waals surface area (Å²) in [5, 5.41) is 15.4. The van der Waals surface area contributed by atoms with Gasteiger partial charge in [-0.1, -0.05) is 32.9 Å². The molecule has 5 heteroatoms. The Morgan fingerprint density at radius 2 is 1.68 bits per heavy atom. The molecule has 0 aliphatic carbocycles. The van der Waals surface area contributed by atoms with Gasteiger partial charge in [-0.25, -0.2) is 4.79 Å². The second-order valence-electron chi connectivity index (χ2n) is 6.02. The Morgan fingerprint density at radius 3 is 2.18 bits per heavy atom. The number of thioether (sulfide) groups is 1. The summed E-state index contributed by atoms with van der Waals surface area (Å²) in [5.74, 6) is 0.0356. The molecule has 1 aromatic carbocycles. The van der Waals surface area contributed by atoms with Crippen LogP contribution in [0.5, 0.6) is 0 Å². The number of nitrogens with one attached hydrogen (secondary N) is 2. The van der Waals surface area contributed by atoms with Gasteiger partial charge in [0.05, 0.1) is 6.04 Å². The molecule has 0 saturated heterocycles. The zero-order valence-electron chi connectivity index (χ0n) is 14.1. The quantitative estimate of drug-likeness (QED) is 0.672. The summed E-state index contributed by atoms with van der Waals surface area (Å²) in [6.07, 6.45) is 0. The van der Waals surface area contributed by atoms with Gasteiger partial charge in [0.1, 0.15) is 0 Å². The fourth-order valence-electron chi connectivity index (χ4n) is 1.94. The number of aliphatic hydroxyl groups is 1. The van der Waals surface area contributed by atoms with E-state index in [-0.39, 0.29) is 30.6 Å². The Labute approximate surface area is 138 Å². The first-order valence-electron chi connectivity index (χ1n) is 7.78. The molecule has 22 heavy (non-hydrogen) atoms. The van der Waals surface area contributed by atoms with Crippen LogP contribution in [0.15, 0.2) is 29.2 Å². The molecule has 0 bridgehead atoms. The van der Waals surface area contributed by atoms with Crippen molar-refractivity contribution in [1.29, 1.82) is 0 Å². The summed E-state index contributed by atoms with van der Waals surface area (Å²) in [6, 6.07) is 7.95. The van der Waals surface area contributed by atoms with Gasteiger partial charge in [0, 0.05) is 22.8 Å². The third kappa shape index (κ3) is 6.28. The Morgan fingerprint density at radius 1 is 1.09 bits per heavy atom. The standard InChI is InChI=1S/C17H28N2O2S/c1-11(2)22-16-8-6-15(7-9-16)14(5)19-17(21)18-13(4)12(3)10-20/h6-9,11-14,20H,10H2,1-5H3,(H2,18,19,21). The van der Waals surface area contributed by atoms with Crippen molar-refractivity contribution in [3.8, 4) is 0 Å². The molecular formula is C17H28N2O2S. The SMILES string of the molecule is CC(C)Sc1ccc(C(C)NC(=O)NC(C)C(C)CO)cc1. The summed E-state index contributed by atoms with van der Waals surface area (Å²) in [4.78, 5) is 13.2. The lowest BCUT2D eigenvalue weighted by Crippen LogP contribution is -2.44. The third-order valence-electron chi connectivity index (χ3n) is 3.60. The van der Waals surface area contributed by atoms with E-state index in [1.54, 1.807) is 0 Å². The van der Waals surface area contributed by atoms with Crippen LogP contribution < -0.4 is 10.6 Å². The van der Waals surface area contributed by atoms with E-state index in [2.05, 4.69) is 48.7 Å². The number of urea groups is 1. The van der Waals surface area contributed by atoms with Crippen molar-refractivity contribution >= 4 is 17.8 Å². The summed E-state index contributed by atoms with van der Waals surface area (Å²) >= 11 is 1.82. The van der Waals surface area contributed by atoms with E-state index < -0.39 is 0 Å². The fourth-order valence-corrected chi connectivity index (χ4v) is 2.77. The molecule has 0 aliphatic rings. The van der Waals surface area contributed by atoms with Gasteiger partial charge in [-0.05, 0) is 37.5 Å². The van der Waals surface area contributed by atoms with Crippen molar-refractivity contribution in [3.05, 3.63) is 29.8 Å². The van der Waals surface area contributed by atoms with E-state index >= 15 is 0 Å². The minimum Gasteiger partial charge on any atom is -0.396 e. The van der Waals surface area contributed by atoms with E-state index in [4.69, 9.17) is 5.11 Å². The van der Waals surface area contributed by atoms with Crippen molar-refractivity contribution in [2.24, 2.45) is 5.92 Å². The molecule has 0 radical (unpaired) electrons. The third-order valence-corrected chi connectivity index (χ3v) is 4.62. The van der Waals surface area contributed by atoms with Gasteiger partial charge in [0.25, 0.3) is 0 Å². The normalized spacial score (nSPS) is 15.2. The average molecular weight is 324 g/mol. The molecular weight excluding hydrogens is 296 g/mol. The summed E-state index contributed by atoms with van der Waals surface area (Å²) in [7, 11) is 0. The zero-order chi connectivity index (χ0) is 16.7. The van der Waals surface area contributed by atoms with E-state index in [0.717, 1.165) is 5.56 Å². The van der Waals surface area contributed by atoms with Gasteiger partial charge >= 0.3 is 6.03 Å². The highest BCUT2D eigenvalue weighted by molar-refractivity contribution is 7.99. The maximum atomic E-state index is 12.0. The molecule has 0 aromatic heterocycles. The van der Waals surface area contributed by atoms with Gasteiger partial charge in [0.15, 0.2) is 0 Å². The Hall–Kier alpha value is -1.20. The van der Waals surface area contributed by atoms with Crippen LogP contribution in [0, 0.1) is 5.92 Å². The lowest BCUT2D eigenvalue weighted by atomic mass is 10.1. The van der Waals surface area contributed by atoms with E-state index in [1.807, 2.05) is 32.5 Å². The van der Waals surface area contributed by atoms with Gasteiger partial charge in [0.2, 0.25) is 0 Å². The Kier molecular flexibility index (Phi) is 7.76. The van der Waals surface area contributed by atoms with Crippen molar-refractivity contribution in [2.45, 2.75) is 56.8 Å². The predicted molar refractivity (Wildman–Crippen MR) is 93.2 cm³/mol. The maximum absolute atomic E-state index is 12.0. The van der Waals surface area contributed by atoms with Crippen LogP contribution in [0.1, 0.15) is 46.2 Å². The minimum absolute atomic E-state index is 0.0356. The molecule has 3 atom stereocenters. The van der Waals surface area contributed by atoms with E-state index in [9.17, 15) is 4.79 Å². The molecule has 1 rings (SSSR count). The second-order valence-corrected chi connectivity index (χ2v) is 7.67. The first-order valence-corrected chi connectivity index (χ1v) is 8.66. The number of carbonyl (C=O) groups excluding carboxylic acids is 1. The molecule has 3 N–H and O–H groups in total. The number of rotatable bonds is 7. The molecule has 2 amide bonds. The highest BCUT2D eigenvalue weighted by Gasteiger charge is 2.15. The first kappa shape index (κ1) is 18.8. The van der Waals surface area contributed by atoms with Crippen molar-refractivity contribution in [1.82, 2.24) is 10.6 Å². The molecule has 1 aromatic rings. The number of carbonyl (C=O) groups is 1. The molecule has 0 fully saturated rings. The van der Waals surface area contributed by atoms with Crippen molar-refractivity contribution < 1.29 is 9.90 Å². The van der Waals surface area contributed by atoms with Crippen LogP contribution in [-0.4, -0.2) is 29.0 Å². The lowest BCUT2D eigenvalue weighted by molar-refractivity contribution is 0.199. The molecule has 0 aliphatic heterocycles. The molecule has 3 unspecified atom stereocenters. The molecule has 4 nitrogen and oxygen atoms in total. The molecule has 124 valence electrons. The second kappa shape index (κ2) is 9.06. The molecule has 0 heterocycles. The highest BCUT2D eigenvalue weighted by atomic mass is 32.2. The molecule has 0 saturated carbocycles. The zero-order valence-corrected chi connectivity index (χ0v) is 14.9. The number of hydrogen-bond acceptors (Lipinski definition) is 3. The average Bonchev–Trinajstić information content (AvgIpc) is 2.46. The van der Waals surface area contributed by atoms with Crippen LogP contribution in [0.4, 0.5) is 4.79 Å². The summed E-state index contributed by atoms with van der Waals surface area (Å²) in [6.45, 7) is 10.2. The topological polar surface area (TPSA) is 61.4 Å². The fraction of sp³-hybridized carbons (Fsp3) is 0.588. The van der Waals surface area contributed by atoms with E-state index in [1.165, 1.54) is 4.90 Å². The maximum Gasteiger partial charge on any atom is 0.315 e. The highest BCUT2D eigenvalue weighted by Crippen LogP contribution is 2.24. The minimum atomic E-state index is -0.207. The predicted octanol–water partition coefficient (Wildman–Crippen LogP) is 3.56. The van der Waals surface area contributed by atoms with Crippen LogP contribution >= 0.6 is 11.8 Å². The van der Waals surface area contributed by atoms with Crippen LogP contribution in [0.3, 0.4) is 0 Å². The van der Waals surface area contributed by atoms with Crippen molar-refractivity contribution in [3.63, 3.8) is 0 Å². The number of amides is 2. The lowest BCUT2D eigenvalue weighted by Gasteiger charge is -2.22. The Balaban J connectivity index is 2.53. The van der Waals surface area contributed by atoms with Crippen molar-refractivity contribution in [2.75, 3.05) is 6.61 Å². The number of aliphatic hydroxyl groups excluding tert-OH is 1. The van der Waals surface area contributed by atoms with Crippen LogP contribution in [0.2, 0.25) is 0 Å². The number of hydrogen-bond donors (Lipinski definition) is 3. The van der Waals surface area contributed by atoms with Gasteiger partial charge in [-0.3, -0.25) is 0 Å². The van der Waals surface area contributed by atoms with E-state index in [0.29, 0.717) is 5.25 Å². The molecule has 0 spiro atoms. The van der Waals surface area contributed by atoms with Gasteiger partial charge < -0.3 is 15.7 Å². The van der Waals surface area contributed by atoms with Gasteiger partial charge in [-0.15, -0.1) is 11.8 Å². The summed E-state index contributed by atoms with van der Waals surface area (Å²) in [5.41, 5.74) is 1.08. The van der Waals surface area contributed by atoms with Gasteiger partial charge in [-0.2, -0.15) is 0 Å². The van der Waals surface area contributed by atoms with Crippen LogP contribution in [-0.2, 0) is 0 Å². The largest absolute Gasteiger partial charge is 0.396 e. The summed E-state index contributed by atoms with van der Waals surface area (Å²) < 4.78 is 0. The first-order chi connectivity index (χ1) is 10.3. The van der Waals surface area contributed by atoms with Crippen LogP contribution in [0.25, 0.3) is 0 Å². The monoisotopic (exact) mass is 324 g/mol. The smallest absolute Gasteiger partial charge is 0.315 e. The number of benzene rings is 1. The Bertz CT molecular complexity index is 462.